The summed E-state index contributed by atoms with van der Waals surface area (Å²) in [6.45, 7) is 0. The highest BCUT2D eigenvalue weighted by Crippen LogP contribution is 2.48. The van der Waals surface area contributed by atoms with Crippen molar-refractivity contribution in [2.75, 3.05) is 0 Å². The molecule has 0 aliphatic heterocycles. The van der Waals surface area contributed by atoms with Crippen LogP contribution in [0.25, 0.3) is 104 Å². The lowest BCUT2D eigenvalue weighted by molar-refractivity contribution is 0.669. The Labute approximate surface area is 295 Å². The highest BCUT2D eigenvalue weighted by atomic mass is 16.3. The Morgan fingerprint density at radius 2 is 1.02 bits per heavy atom. The van der Waals surface area contributed by atoms with Crippen LogP contribution in [0.4, 0.5) is 0 Å². The van der Waals surface area contributed by atoms with Gasteiger partial charge in [-0.1, -0.05) is 146 Å². The van der Waals surface area contributed by atoms with Crippen LogP contribution in [0.5, 0.6) is 0 Å². The number of hydrogen-bond donors (Lipinski definition) is 0. The smallest absolute Gasteiger partial charge is 0.136 e. The summed E-state index contributed by atoms with van der Waals surface area (Å²) in [6, 6.07) is 58.1. The van der Waals surface area contributed by atoms with Gasteiger partial charge < -0.3 is 4.42 Å². The Kier molecular flexibility index (Phi) is 6.15. The van der Waals surface area contributed by atoms with Gasteiger partial charge in [0.05, 0.1) is 0 Å². The van der Waals surface area contributed by atoms with E-state index in [9.17, 15) is 0 Å². The molecular formula is C50H32O. The second kappa shape index (κ2) is 11.0. The van der Waals surface area contributed by atoms with Crippen molar-refractivity contribution in [1.29, 1.82) is 0 Å². The maximum absolute atomic E-state index is 6.74. The number of aryl methyl sites for hydroxylation is 1. The lowest BCUT2D eigenvalue weighted by Gasteiger charge is -2.19. The Morgan fingerprint density at radius 3 is 1.76 bits per heavy atom. The lowest BCUT2D eigenvalue weighted by Crippen LogP contribution is -1.93. The van der Waals surface area contributed by atoms with Crippen LogP contribution in [0.2, 0.25) is 0 Å². The maximum atomic E-state index is 6.74. The molecule has 0 spiro atoms. The van der Waals surface area contributed by atoms with Crippen LogP contribution in [-0.4, -0.2) is 0 Å². The number of allylic oxidation sites excluding steroid dienone is 1. The number of benzene rings is 9. The molecule has 0 atom stereocenters. The summed E-state index contributed by atoms with van der Waals surface area (Å²) in [5.41, 5.74) is 11.9. The van der Waals surface area contributed by atoms with Crippen molar-refractivity contribution < 1.29 is 4.42 Å². The zero-order valence-corrected chi connectivity index (χ0v) is 28.0. The van der Waals surface area contributed by atoms with E-state index in [1.807, 2.05) is 0 Å². The first kappa shape index (κ1) is 28.4. The molecule has 51 heavy (non-hydrogen) atoms. The molecule has 0 saturated carbocycles. The topological polar surface area (TPSA) is 13.1 Å². The molecule has 1 heteroatoms. The van der Waals surface area contributed by atoms with Gasteiger partial charge in [0.15, 0.2) is 0 Å². The fourth-order valence-electron chi connectivity index (χ4n) is 8.70. The molecule has 1 aliphatic rings. The summed E-state index contributed by atoms with van der Waals surface area (Å²) in [6.07, 6.45) is 6.67. The van der Waals surface area contributed by atoms with E-state index < -0.39 is 0 Å². The molecule has 0 fully saturated rings. The number of hydrogen-bond acceptors (Lipinski definition) is 1. The van der Waals surface area contributed by atoms with Gasteiger partial charge in [-0.05, 0) is 125 Å². The van der Waals surface area contributed by atoms with Gasteiger partial charge in [-0.25, -0.2) is 0 Å². The average molecular weight is 649 g/mol. The fraction of sp³-hybridized carbons (Fsp3) is 0.0400. The summed E-state index contributed by atoms with van der Waals surface area (Å²) < 4.78 is 6.74. The fourth-order valence-corrected chi connectivity index (χ4v) is 8.70. The number of rotatable bonds is 3. The second-order valence-corrected chi connectivity index (χ2v) is 13.9. The van der Waals surface area contributed by atoms with E-state index >= 15 is 0 Å². The maximum Gasteiger partial charge on any atom is 0.136 e. The molecule has 11 rings (SSSR count). The average Bonchev–Trinajstić information content (AvgIpc) is 3.56. The number of fused-ring (bicyclic) bond motifs is 9. The largest absolute Gasteiger partial charge is 0.456 e. The summed E-state index contributed by atoms with van der Waals surface area (Å²) in [5, 5.41) is 12.4. The molecule has 1 heterocycles. The molecule has 9 aromatic carbocycles. The van der Waals surface area contributed by atoms with Crippen molar-refractivity contribution in [3.8, 4) is 33.4 Å². The molecule has 1 aliphatic carbocycles. The van der Waals surface area contributed by atoms with Crippen molar-refractivity contribution in [2.24, 2.45) is 0 Å². The molecule has 0 saturated heterocycles. The highest BCUT2D eigenvalue weighted by Gasteiger charge is 2.21. The minimum absolute atomic E-state index is 0.937. The van der Waals surface area contributed by atoms with E-state index in [1.165, 1.54) is 98.4 Å². The van der Waals surface area contributed by atoms with Crippen LogP contribution in [-0.2, 0) is 6.42 Å². The molecular weight excluding hydrogens is 617 g/mol. The quantitative estimate of drug-likeness (QED) is 0.174. The van der Waals surface area contributed by atoms with Crippen LogP contribution < -0.4 is 0 Å². The van der Waals surface area contributed by atoms with Gasteiger partial charge in [0, 0.05) is 10.8 Å². The minimum atomic E-state index is 0.937. The van der Waals surface area contributed by atoms with Crippen molar-refractivity contribution in [2.45, 2.75) is 12.8 Å². The van der Waals surface area contributed by atoms with Crippen molar-refractivity contribution in [1.82, 2.24) is 0 Å². The van der Waals surface area contributed by atoms with Crippen LogP contribution in [0, 0.1) is 0 Å². The molecule has 0 unspecified atom stereocenters. The molecule has 1 nitrogen and oxygen atoms in total. The van der Waals surface area contributed by atoms with Gasteiger partial charge in [0.25, 0.3) is 0 Å². The van der Waals surface area contributed by atoms with E-state index in [2.05, 4.69) is 170 Å². The molecule has 0 N–H and O–H groups in total. The van der Waals surface area contributed by atoms with Crippen molar-refractivity contribution >= 4 is 71.1 Å². The first-order valence-electron chi connectivity index (χ1n) is 17.9. The molecule has 1 aromatic heterocycles. The summed E-state index contributed by atoms with van der Waals surface area (Å²) >= 11 is 0. The van der Waals surface area contributed by atoms with E-state index in [0.29, 0.717) is 0 Å². The van der Waals surface area contributed by atoms with Crippen molar-refractivity contribution in [3.05, 3.63) is 175 Å². The zero-order valence-electron chi connectivity index (χ0n) is 28.0. The Bertz CT molecular complexity index is 3010. The van der Waals surface area contributed by atoms with Crippen LogP contribution >= 0.6 is 0 Å². The van der Waals surface area contributed by atoms with Crippen LogP contribution in [0.3, 0.4) is 0 Å². The third-order valence-electron chi connectivity index (χ3n) is 11.1. The predicted octanol–water partition coefficient (Wildman–Crippen LogP) is 14.2. The molecule has 0 bridgehead atoms. The minimum Gasteiger partial charge on any atom is -0.456 e. The SMILES string of the molecule is C1=Cc2cc3oc4cc(-c5c6ccccc6c(-c6ccc(-c7ccc8ccccc8c7)cc6)c6ccccc56)c5ccccc5c4c3cc2CC1. The van der Waals surface area contributed by atoms with E-state index in [4.69, 9.17) is 4.42 Å². The summed E-state index contributed by atoms with van der Waals surface area (Å²) in [4.78, 5) is 0. The summed E-state index contributed by atoms with van der Waals surface area (Å²) in [5.74, 6) is 0. The van der Waals surface area contributed by atoms with E-state index in [0.717, 1.165) is 24.0 Å². The molecule has 0 radical (unpaired) electrons. The molecule has 238 valence electrons. The first-order valence-corrected chi connectivity index (χ1v) is 17.9. The third kappa shape index (κ3) is 4.35. The van der Waals surface area contributed by atoms with Gasteiger partial charge in [0.1, 0.15) is 11.2 Å². The van der Waals surface area contributed by atoms with Gasteiger partial charge in [-0.15, -0.1) is 0 Å². The standard InChI is InChI=1S/C50H32O/c1-2-12-34-27-37(26-23-31(34)11-1)32-21-24-33(25-22-32)48-40-17-7-9-19-42(40)49(43-20-10-8-18-41(43)48)44-30-47-50(39-16-6-5-15-38(39)44)45-28-35-13-3-4-14-36(35)29-46(45)51-47/h1-2,4-12,14-30H,3,13H2. The zero-order chi connectivity index (χ0) is 33.5. The molecule has 10 aromatic rings. The Morgan fingerprint density at radius 1 is 0.412 bits per heavy atom. The van der Waals surface area contributed by atoms with Gasteiger partial charge in [-0.2, -0.15) is 0 Å². The monoisotopic (exact) mass is 648 g/mol. The van der Waals surface area contributed by atoms with Gasteiger partial charge >= 0.3 is 0 Å². The van der Waals surface area contributed by atoms with Crippen molar-refractivity contribution in [3.63, 3.8) is 0 Å². The van der Waals surface area contributed by atoms with Crippen LogP contribution in [0.1, 0.15) is 17.5 Å². The van der Waals surface area contributed by atoms with E-state index in [-0.39, 0.29) is 0 Å². The highest BCUT2D eigenvalue weighted by molar-refractivity contribution is 6.28. The lowest BCUT2D eigenvalue weighted by atomic mass is 9.84. The second-order valence-electron chi connectivity index (χ2n) is 13.9. The van der Waals surface area contributed by atoms with Crippen LogP contribution in [0.15, 0.2) is 168 Å². The third-order valence-corrected chi connectivity index (χ3v) is 11.1. The summed E-state index contributed by atoms with van der Waals surface area (Å²) in [7, 11) is 0. The van der Waals surface area contributed by atoms with Gasteiger partial charge in [-0.3, -0.25) is 0 Å². The Balaban J connectivity index is 1.15. The Hall–Kier alpha value is -6.44. The van der Waals surface area contributed by atoms with Gasteiger partial charge in [0.2, 0.25) is 0 Å². The first-order chi connectivity index (χ1) is 25.3. The van der Waals surface area contributed by atoms with E-state index in [1.54, 1.807) is 0 Å². The predicted molar refractivity (Wildman–Crippen MR) is 217 cm³/mol. The molecule has 0 amide bonds. The normalized spacial score (nSPS) is 12.9. The number of furan rings is 1.